The Morgan fingerprint density at radius 3 is 2.43 bits per heavy atom. The molecule has 0 unspecified atom stereocenters. The molecule has 7 nitrogen and oxygen atoms in total. The molecule has 8 heteroatoms. The predicted molar refractivity (Wildman–Crippen MR) is 130 cm³/mol. The van der Waals surface area contributed by atoms with Crippen LogP contribution < -0.4 is 15.8 Å². The van der Waals surface area contributed by atoms with Crippen molar-refractivity contribution in [2.75, 3.05) is 39.8 Å². The standard InChI is InChI=1S/C22H29N5O2.HI/c1-24-22(25-15-19-8-5-9-20(14-19)29-17-21(23)28)27-12-10-26(11-13-27)16-18-6-3-2-4-7-18;/h2-9,14H,10-13,15-17H2,1H3,(H2,23,28)(H,24,25);1H. The molecule has 162 valence electrons. The zero-order chi connectivity index (χ0) is 20.5. The molecular formula is C22H30IN5O2. The van der Waals surface area contributed by atoms with Crippen LogP contribution in [-0.2, 0) is 17.9 Å². The number of nitrogens with zero attached hydrogens (tertiary/aromatic N) is 3. The number of ether oxygens (including phenoxy) is 1. The third kappa shape index (κ3) is 7.49. The van der Waals surface area contributed by atoms with Crippen LogP contribution >= 0.6 is 24.0 Å². The number of piperazine rings is 1. The summed E-state index contributed by atoms with van der Waals surface area (Å²) in [4.78, 5) is 20.1. The maximum atomic E-state index is 10.9. The number of carbonyl (C=O) groups excluding carboxylic acids is 1. The van der Waals surface area contributed by atoms with E-state index in [0.29, 0.717) is 12.3 Å². The predicted octanol–water partition coefficient (Wildman–Crippen LogP) is 2.06. The molecule has 0 saturated carbocycles. The molecule has 2 aromatic rings. The summed E-state index contributed by atoms with van der Waals surface area (Å²) in [5.74, 6) is 1.04. The smallest absolute Gasteiger partial charge is 0.255 e. The van der Waals surface area contributed by atoms with Crippen molar-refractivity contribution in [2.24, 2.45) is 10.7 Å². The van der Waals surface area contributed by atoms with E-state index in [1.54, 1.807) is 0 Å². The van der Waals surface area contributed by atoms with Gasteiger partial charge in [-0.25, -0.2) is 0 Å². The molecule has 1 aliphatic rings. The van der Waals surface area contributed by atoms with Gasteiger partial charge in [0.15, 0.2) is 12.6 Å². The fraction of sp³-hybridized carbons (Fsp3) is 0.364. The third-order valence-corrected chi connectivity index (χ3v) is 4.86. The van der Waals surface area contributed by atoms with Gasteiger partial charge < -0.3 is 20.7 Å². The Hall–Kier alpha value is -2.33. The molecule has 0 radical (unpaired) electrons. The van der Waals surface area contributed by atoms with Gasteiger partial charge in [-0.2, -0.15) is 0 Å². The monoisotopic (exact) mass is 523 g/mol. The van der Waals surface area contributed by atoms with Gasteiger partial charge in [-0.05, 0) is 23.3 Å². The second-order valence-corrected chi connectivity index (χ2v) is 7.05. The summed E-state index contributed by atoms with van der Waals surface area (Å²) in [6, 6.07) is 18.2. The SMILES string of the molecule is CN=C(NCc1cccc(OCC(N)=O)c1)N1CCN(Cc2ccccc2)CC1.I. The summed E-state index contributed by atoms with van der Waals surface area (Å²) in [6.45, 7) is 5.38. The van der Waals surface area contributed by atoms with Crippen LogP contribution in [0.3, 0.4) is 0 Å². The molecule has 0 spiro atoms. The van der Waals surface area contributed by atoms with E-state index in [-0.39, 0.29) is 30.6 Å². The molecule has 1 amide bonds. The Balaban J connectivity index is 0.00000320. The number of nitrogens with two attached hydrogens (primary N) is 1. The van der Waals surface area contributed by atoms with Gasteiger partial charge in [-0.3, -0.25) is 14.7 Å². The molecule has 30 heavy (non-hydrogen) atoms. The van der Waals surface area contributed by atoms with Crippen LogP contribution in [0.2, 0.25) is 0 Å². The average Bonchev–Trinajstić information content (AvgIpc) is 2.75. The molecule has 2 aromatic carbocycles. The zero-order valence-electron chi connectivity index (χ0n) is 17.3. The Morgan fingerprint density at radius 2 is 1.77 bits per heavy atom. The summed E-state index contributed by atoms with van der Waals surface area (Å²) in [7, 11) is 1.81. The average molecular weight is 523 g/mol. The fourth-order valence-corrected chi connectivity index (χ4v) is 3.37. The lowest BCUT2D eigenvalue weighted by Gasteiger charge is -2.36. The third-order valence-electron chi connectivity index (χ3n) is 4.86. The number of amides is 1. The fourth-order valence-electron chi connectivity index (χ4n) is 3.37. The Kier molecular flexibility index (Phi) is 9.88. The van der Waals surface area contributed by atoms with Crippen molar-refractivity contribution in [1.29, 1.82) is 0 Å². The summed E-state index contributed by atoms with van der Waals surface area (Å²) < 4.78 is 5.37. The van der Waals surface area contributed by atoms with Crippen molar-refractivity contribution in [1.82, 2.24) is 15.1 Å². The van der Waals surface area contributed by atoms with Crippen molar-refractivity contribution < 1.29 is 9.53 Å². The van der Waals surface area contributed by atoms with Gasteiger partial charge in [-0.1, -0.05) is 42.5 Å². The normalized spacial score (nSPS) is 14.7. The van der Waals surface area contributed by atoms with Gasteiger partial charge in [0.1, 0.15) is 5.75 Å². The van der Waals surface area contributed by atoms with Gasteiger partial charge >= 0.3 is 0 Å². The highest BCUT2D eigenvalue weighted by Crippen LogP contribution is 2.13. The van der Waals surface area contributed by atoms with E-state index >= 15 is 0 Å². The van der Waals surface area contributed by atoms with E-state index in [0.717, 1.165) is 44.2 Å². The van der Waals surface area contributed by atoms with Gasteiger partial charge in [0, 0.05) is 46.3 Å². The van der Waals surface area contributed by atoms with Crippen molar-refractivity contribution in [3.05, 3.63) is 65.7 Å². The highest BCUT2D eigenvalue weighted by Gasteiger charge is 2.19. The van der Waals surface area contributed by atoms with Crippen molar-refractivity contribution in [2.45, 2.75) is 13.1 Å². The molecule has 0 bridgehead atoms. The number of guanidine groups is 1. The van der Waals surface area contributed by atoms with Crippen molar-refractivity contribution >= 4 is 35.8 Å². The minimum atomic E-state index is -0.486. The zero-order valence-corrected chi connectivity index (χ0v) is 19.6. The number of carbonyl (C=O) groups is 1. The summed E-state index contributed by atoms with van der Waals surface area (Å²) in [5.41, 5.74) is 7.53. The number of hydrogen-bond donors (Lipinski definition) is 2. The Labute approximate surface area is 195 Å². The maximum absolute atomic E-state index is 10.9. The number of rotatable bonds is 7. The van der Waals surface area contributed by atoms with E-state index in [1.165, 1.54) is 5.56 Å². The maximum Gasteiger partial charge on any atom is 0.255 e. The first-order valence-corrected chi connectivity index (χ1v) is 9.86. The number of primary amides is 1. The highest BCUT2D eigenvalue weighted by atomic mass is 127. The quantitative estimate of drug-likeness (QED) is 0.330. The summed E-state index contributed by atoms with van der Waals surface area (Å²) >= 11 is 0. The number of hydrogen-bond acceptors (Lipinski definition) is 4. The van der Waals surface area contributed by atoms with Crippen molar-refractivity contribution in [3.63, 3.8) is 0 Å². The largest absolute Gasteiger partial charge is 0.484 e. The summed E-state index contributed by atoms with van der Waals surface area (Å²) in [5, 5.41) is 3.42. The minimum absolute atomic E-state index is 0. The molecule has 3 N–H and O–H groups in total. The van der Waals surface area contributed by atoms with E-state index in [1.807, 2.05) is 31.3 Å². The second-order valence-electron chi connectivity index (χ2n) is 7.05. The lowest BCUT2D eigenvalue weighted by molar-refractivity contribution is -0.119. The second kappa shape index (κ2) is 12.4. The van der Waals surface area contributed by atoms with Crippen LogP contribution in [0.15, 0.2) is 59.6 Å². The van der Waals surface area contributed by atoms with Gasteiger partial charge in [0.25, 0.3) is 5.91 Å². The van der Waals surface area contributed by atoms with Gasteiger partial charge in [-0.15, -0.1) is 24.0 Å². The van der Waals surface area contributed by atoms with Gasteiger partial charge in [0.05, 0.1) is 0 Å². The molecule has 1 fully saturated rings. The number of nitrogens with one attached hydrogen (secondary N) is 1. The number of benzene rings is 2. The number of halogens is 1. The van der Waals surface area contributed by atoms with E-state index in [9.17, 15) is 4.79 Å². The highest BCUT2D eigenvalue weighted by molar-refractivity contribution is 14.0. The first kappa shape index (κ1) is 23.9. The first-order valence-electron chi connectivity index (χ1n) is 9.86. The molecule has 0 aliphatic carbocycles. The van der Waals surface area contributed by atoms with Crippen molar-refractivity contribution in [3.8, 4) is 5.75 Å². The van der Waals surface area contributed by atoms with Crippen LogP contribution in [0, 0.1) is 0 Å². The molecule has 1 heterocycles. The Morgan fingerprint density at radius 1 is 1.07 bits per heavy atom. The van der Waals surface area contributed by atoms with Crippen LogP contribution in [0.5, 0.6) is 5.75 Å². The van der Waals surface area contributed by atoms with Crippen LogP contribution in [0.4, 0.5) is 0 Å². The molecule has 0 aromatic heterocycles. The van der Waals surface area contributed by atoms with E-state index in [4.69, 9.17) is 10.5 Å². The van der Waals surface area contributed by atoms with Crippen LogP contribution in [0.1, 0.15) is 11.1 Å². The molecule has 0 atom stereocenters. The molecule has 3 rings (SSSR count). The van der Waals surface area contributed by atoms with E-state index in [2.05, 4.69) is 50.4 Å². The van der Waals surface area contributed by atoms with Gasteiger partial charge in [0.2, 0.25) is 0 Å². The van der Waals surface area contributed by atoms with Crippen LogP contribution in [0.25, 0.3) is 0 Å². The lowest BCUT2D eigenvalue weighted by atomic mass is 10.2. The van der Waals surface area contributed by atoms with E-state index < -0.39 is 5.91 Å². The number of aliphatic imine (C=N–C) groups is 1. The topological polar surface area (TPSA) is 83.2 Å². The van der Waals surface area contributed by atoms with Crippen LogP contribution in [-0.4, -0.2) is 61.5 Å². The Bertz CT molecular complexity index is 823. The summed E-state index contributed by atoms with van der Waals surface area (Å²) in [6.07, 6.45) is 0. The molecule has 1 aliphatic heterocycles. The minimum Gasteiger partial charge on any atom is -0.484 e. The molecule has 1 saturated heterocycles. The lowest BCUT2D eigenvalue weighted by Crippen LogP contribution is -2.52. The molecular weight excluding hydrogens is 493 g/mol. The first-order chi connectivity index (χ1) is 14.1.